The van der Waals surface area contributed by atoms with Gasteiger partial charge in [-0.2, -0.15) is 0 Å². The van der Waals surface area contributed by atoms with Crippen molar-refractivity contribution in [3.05, 3.63) is 48.6 Å². The maximum Gasteiger partial charge on any atom is 0.472 e. The summed E-state index contributed by atoms with van der Waals surface area (Å²) in [4.78, 5) is 23.3. The highest BCUT2D eigenvalue weighted by molar-refractivity contribution is 7.47. The summed E-state index contributed by atoms with van der Waals surface area (Å²) in [5, 5.41) is 13.9. The Balaban J connectivity index is 4.32. The van der Waals surface area contributed by atoms with E-state index in [1.54, 1.807) is 6.08 Å². The van der Waals surface area contributed by atoms with Crippen LogP contribution in [0.3, 0.4) is 0 Å². The molecule has 0 aromatic carbocycles. The summed E-state index contributed by atoms with van der Waals surface area (Å²) in [5.74, 6) is -0.190. The van der Waals surface area contributed by atoms with Gasteiger partial charge in [0.25, 0.3) is 0 Å². The molecule has 3 unspecified atom stereocenters. The number of likely N-dealkylation sites (N-methyl/N-ethyl adjacent to an activating group) is 1. The summed E-state index contributed by atoms with van der Waals surface area (Å²) >= 11 is 0. The first-order valence-corrected chi connectivity index (χ1v) is 29.0. The lowest BCUT2D eigenvalue weighted by Crippen LogP contribution is -2.45. The first kappa shape index (κ1) is 63.5. The number of phosphoric ester groups is 1. The number of nitrogens with one attached hydrogen (secondary N) is 1. The second-order valence-corrected chi connectivity index (χ2v) is 21.4. The number of carbonyl (C=O) groups excluding carboxylic acids is 1. The number of carbonyl (C=O) groups is 1. The third kappa shape index (κ3) is 50.2. The van der Waals surface area contributed by atoms with E-state index in [9.17, 15) is 19.4 Å². The van der Waals surface area contributed by atoms with Crippen LogP contribution < -0.4 is 5.32 Å². The number of quaternary nitrogens is 1. The summed E-state index contributed by atoms with van der Waals surface area (Å²) in [7, 11) is 1.55. The van der Waals surface area contributed by atoms with Crippen LogP contribution in [0.25, 0.3) is 0 Å². The molecule has 0 aliphatic rings. The van der Waals surface area contributed by atoms with E-state index in [1.165, 1.54) is 186 Å². The third-order valence-corrected chi connectivity index (χ3v) is 13.3. The van der Waals surface area contributed by atoms with Crippen molar-refractivity contribution in [2.75, 3.05) is 40.9 Å². The van der Waals surface area contributed by atoms with Crippen molar-refractivity contribution in [1.82, 2.24) is 5.32 Å². The van der Waals surface area contributed by atoms with E-state index < -0.39 is 20.0 Å². The summed E-state index contributed by atoms with van der Waals surface area (Å²) in [6, 6.07) is -0.867. The van der Waals surface area contributed by atoms with Crippen LogP contribution >= 0.6 is 7.82 Å². The topological polar surface area (TPSA) is 105 Å². The van der Waals surface area contributed by atoms with Gasteiger partial charge in [0.15, 0.2) is 0 Å². The Bertz CT molecular complexity index is 1200. The van der Waals surface area contributed by atoms with Crippen molar-refractivity contribution in [1.29, 1.82) is 0 Å². The lowest BCUT2D eigenvalue weighted by atomic mass is 10.0. The zero-order valence-corrected chi connectivity index (χ0v) is 44.4. The van der Waals surface area contributed by atoms with Gasteiger partial charge >= 0.3 is 7.82 Å². The summed E-state index contributed by atoms with van der Waals surface area (Å²) in [5.41, 5.74) is 0. The summed E-state index contributed by atoms with van der Waals surface area (Å²) in [6.07, 6.45) is 62.0. The molecule has 9 heteroatoms. The van der Waals surface area contributed by atoms with Crippen molar-refractivity contribution in [3.8, 4) is 0 Å². The Hall–Kier alpha value is -1.54. The van der Waals surface area contributed by atoms with Gasteiger partial charge < -0.3 is 19.8 Å². The predicted molar refractivity (Wildman–Crippen MR) is 281 cm³/mol. The van der Waals surface area contributed by atoms with Gasteiger partial charge in [-0.3, -0.25) is 13.8 Å². The van der Waals surface area contributed by atoms with Gasteiger partial charge in [0.05, 0.1) is 39.9 Å². The largest absolute Gasteiger partial charge is 0.472 e. The normalized spacial score (nSPS) is 14.4. The van der Waals surface area contributed by atoms with E-state index in [0.29, 0.717) is 17.4 Å². The van der Waals surface area contributed by atoms with Crippen molar-refractivity contribution in [2.45, 2.75) is 264 Å². The lowest BCUT2D eigenvalue weighted by Gasteiger charge is -2.25. The molecule has 0 aliphatic carbocycles. The molecule has 0 aromatic heterocycles. The third-order valence-electron chi connectivity index (χ3n) is 12.3. The second kappa shape index (κ2) is 47.5. The first-order valence-electron chi connectivity index (χ1n) is 27.5. The van der Waals surface area contributed by atoms with Crippen LogP contribution in [-0.4, -0.2) is 73.4 Å². The number of hydrogen-bond donors (Lipinski definition) is 3. The fourth-order valence-corrected chi connectivity index (χ4v) is 8.65. The Kier molecular flexibility index (Phi) is 46.4. The van der Waals surface area contributed by atoms with Crippen LogP contribution in [0.2, 0.25) is 0 Å². The van der Waals surface area contributed by atoms with Crippen molar-refractivity contribution in [3.63, 3.8) is 0 Å². The molecule has 65 heavy (non-hydrogen) atoms. The second-order valence-electron chi connectivity index (χ2n) is 19.9. The van der Waals surface area contributed by atoms with Crippen molar-refractivity contribution in [2.24, 2.45) is 0 Å². The quantitative estimate of drug-likeness (QED) is 0.0243. The molecule has 1 amide bonds. The highest BCUT2D eigenvalue weighted by Gasteiger charge is 2.27. The first-order chi connectivity index (χ1) is 31.5. The average molecular weight is 936 g/mol. The fourth-order valence-electron chi connectivity index (χ4n) is 7.91. The zero-order valence-electron chi connectivity index (χ0n) is 43.5. The maximum absolute atomic E-state index is 13.0. The average Bonchev–Trinajstić information content (AvgIpc) is 3.26. The monoisotopic (exact) mass is 936 g/mol. The number of allylic oxidation sites excluding steroid dienone is 7. The smallest absolute Gasteiger partial charge is 0.387 e. The highest BCUT2D eigenvalue weighted by atomic mass is 31.2. The van der Waals surface area contributed by atoms with Gasteiger partial charge in [-0.05, 0) is 64.2 Å². The van der Waals surface area contributed by atoms with Crippen LogP contribution in [0.4, 0.5) is 0 Å². The molecule has 0 saturated heterocycles. The molecule has 0 heterocycles. The van der Waals surface area contributed by atoms with Gasteiger partial charge in [0.2, 0.25) is 5.91 Å². The SMILES string of the molecule is CCCCCCC/C=C\C/C=C\CCCCCCCCCCCC(=O)NC(COP(=O)(O)OCC[N+](C)(C)C)C(O)/C=C/CC/C=C/CCCCCCCCCCCCCCCCCC. The van der Waals surface area contributed by atoms with E-state index >= 15 is 0 Å². The van der Waals surface area contributed by atoms with E-state index in [4.69, 9.17) is 9.05 Å². The molecule has 0 aromatic rings. The Morgan fingerprint density at radius 3 is 1.32 bits per heavy atom. The van der Waals surface area contributed by atoms with E-state index in [1.807, 2.05) is 27.2 Å². The highest BCUT2D eigenvalue weighted by Crippen LogP contribution is 2.43. The van der Waals surface area contributed by atoms with Gasteiger partial charge in [0.1, 0.15) is 13.2 Å². The molecular weight excluding hydrogens is 828 g/mol. The van der Waals surface area contributed by atoms with Gasteiger partial charge in [0, 0.05) is 6.42 Å². The number of hydrogen-bond acceptors (Lipinski definition) is 5. The minimum Gasteiger partial charge on any atom is -0.387 e. The fraction of sp³-hybridized carbons (Fsp3) is 0.839. The minimum absolute atomic E-state index is 0.0546. The van der Waals surface area contributed by atoms with Gasteiger partial charge in [-0.15, -0.1) is 0 Å². The van der Waals surface area contributed by atoms with E-state index in [2.05, 4.69) is 55.6 Å². The molecule has 0 saturated carbocycles. The molecule has 0 aliphatic heterocycles. The van der Waals surface area contributed by atoms with Crippen LogP contribution in [0.1, 0.15) is 251 Å². The number of nitrogens with zero attached hydrogens (tertiary/aromatic N) is 1. The Morgan fingerprint density at radius 2 is 0.892 bits per heavy atom. The summed E-state index contributed by atoms with van der Waals surface area (Å²) < 4.78 is 23.7. The minimum atomic E-state index is -4.36. The Morgan fingerprint density at radius 1 is 0.523 bits per heavy atom. The van der Waals surface area contributed by atoms with Crippen molar-refractivity contribution < 1.29 is 32.9 Å². The standard InChI is InChI=1S/C56H107N2O6P/c1-6-8-10-12-14-16-18-20-22-24-26-28-30-31-33-35-37-39-41-43-45-47-49-55(59)54(53-64-65(61,62)63-52-51-58(3,4)5)57-56(60)50-48-46-44-42-40-38-36-34-32-29-27-25-23-21-19-17-15-13-11-9-7-2/h19,21,25,27,39,41,47,49,54-55,59H,6-18,20,22-24,26,28-38,40,42-46,48,50-53H2,1-5H3,(H-,57,60,61,62)/p+1/b21-19-,27-25-,41-39+,49-47+. The van der Waals surface area contributed by atoms with Gasteiger partial charge in [-0.25, -0.2) is 4.57 Å². The predicted octanol–water partition coefficient (Wildman–Crippen LogP) is 16.4. The molecule has 382 valence electrons. The van der Waals surface area contributed by atoms with Crippen molar-refractivity contribution >= 4 is 13.7 Å². The maximum atomic E-state index is 13.0. The molecule has 0 spiro atoms. The number of unbranched alkanes of at least 4 members (excludes halogenated alkanes) is 31. The number of aliphatic hydroxyl groups is 1. The number of amides is 1. The van der Waals surface area contributed by atoms with Crippen LogP contribution in [-0.2, 0) is 18.4 Å². The molecule has 8 nitrogen and oxygen atoms in total. The Labute approximate surface area is 403 Å². The summed E-state index contributed by atoms with van der Waals surface area (Å²) in [6.45, 7) is 4.80. The van der Waals surface area contributed by atoms with E-state index in [-0.39, 0.29) is 19.1 Å². The van der Waals surface area contributed by atoms with Gasteiger partial charge in [-0.1, -0.05) is 229 Å². The molecule has 0 bridgehead atoms. The molecule has 0 radical (unpaired) electrons. The molecule has 3 atom stereocenters. The van der Waals surface area contributed by atoms with E-state index in [0.717, 1.165) is 44.9 Å². The zero-order chi connectivity index (χ0) is 47.8. The number of aliphatic hydroxyl groups excluding tert-OH is 1. The lowest BCUT2D eigenvalue weighted by molar-refractivity contribution is -0.870. The van der Waals surface area contributed by atoms with Crippen LogP contribution in [0, 0.1) is 0 Å². The molecule has 0 fully saturated rings. The number of phosphoric acid groups is 1. The molecule has 3 N–H and O–H groups in total. The number of rotatable bonds is 50. The van der Waals surface area contributed by atoms with Crippen LogP contribution in [0.15, 0.2) is 48.6 Å². The van der Waals surface area contributed by atoms with Crippen LogP contribution in [0.5, 0.6) is 0 Å². The molecular formula is C56H108N2O6P+. The molecule has 0 rings (SSSR count).